The lowest BCUT2D eigenvalue weighted by molar-refractivity contribution is 0.0952. The molecule has 3 unspecified atom stereocenters. The van der Waals surface area contributed by atoms with Crippen LogP contribution in [0.2, 0.25) is 0 Å². The van der Waals surface area contributed by atoms with Crippen LogP contribution >= 0.6 is 0 Å². The van der Waals surface area contributed by atoms with Crippen LogP contribution in [0.25, 0.3) is 0 Å². The molecule has 1 N–H and O–H groups in total. The van der Waals surface area contributed by atoms with Crippen LogP contribution in [0.1, 0.15) is 39.4 Å². The second-order valence-electron chi connectivity index (χ2n) is 5.43. The highest BCUT2D eigenvalue weighted by Gasteiger charge is 2.32. The fraction of sp³-hybridized carbons (Fsp3) is 0.800. The van der Waals surface area contributed by atoms with Crippen LogP contribution in [0.3, 0.4) is 0 Å². The Bertz CT molecular complexity index is 377. The number of hydrogen-bond donors (Lipinski definition) is 1. The highest BCUT2D eigenvalue weighted by Crippen LogP contribution is 2.25. The lowest BCUT2D eigenvalue weighted by Gasteiger charge is -2.26. The monoisotopic (exact) mass is 265 g/mol. The van der Waals surface area contributed by atoms with Crippen LogP contribution < -0.4 is 5.32 Å². The third-order valence-electron chi connectivity index (χ3n) is 4.09. The molecule has 1 aliphatic rings. The maximum Gasteiger partial charge on any atom is 0.110 e. The van der Waals surface area contributed by atoms with Gasteiger partial charge in [-0.2, -0.15) is 0 Å². The van der Waals surface area contributed by atoms with E-state index >= 15 is 0 Å². The summed E-state index contributed by atoms with van der Waals surface area (Å²) >= 11 is 0. The van der Waals surface area contributed by atoms with Gasteiger partial charge < -0.3 is 14.6 Å². The quantitative estimate of drug-likeness (QED) is 0.822. The predicted octanol–water partition coefficient (Wildman–Crippen LogP) is 2.24. The van der Waals surface area contributed by atoms with Crippen molar-refractivity contribution in [1.29, 1.82) is 0 Å². The summed E-state index contributed by atoms with van der Waals surface area (Å²) in [5, 5.41) is 3.63. The molecule has 1 saturated heterocycles. The molecule has 108 valence electrons. The van der Waals surface area contributed by atoms with Crippen molar-refractivity contribution in [1.82, 2.24) is 14.9 Å². The first-order valence-electron chi connectivity index (χ1n) is 7.61. The van der Waals surface area contributed by atoms with Gasteiger partial charge in [0.25, 0.3) is 0 Å². The number of nitrogens with zero attached hydrogens (tertiary/aromatic N) is 2. The van der Waals surface area contributed by atoms with E-state index < -0.39 is 0 Å². The van der Waals surface area contributed by atoms with Gasteiger partial charge in [-0.15, -0.1) is 0 Å². The molecular weight excluding hydrogens is 238 g/mol. The molecule has 0 bridgehead atoms. The van der Waals surface area contributed by atoms with Crippen molar-refractivity contribution in [3.05, 3.63) is 18.2 Å². The van der Waals surface area contributed by atoms with E-state index in [1.165, 1.54) is 5.82 Å². The van der Waals surface area contributed by atoms with Crippen molar-refractivity contribution < 1.29 is 4.74 Å². The Hall–Kier alpha value is -0.870. The van der Waals surface area contributed by atoms with Gasteiger partial charge in [-0.3, -0.25) is 0 Å². The number of rotatable bonds is 7. The van der Waals surface area contributed by atoms with Crippen LogP contribution in [0.4, 0.5) is 0 Å². The fourth-order valence-corrected chi connectivity index (χ4v) is 3.08. The van der Waals surface area contributed by atoms with Gasteiger partial charge in [0.05, 0.1) is 6.10 Å². The molecule has 0 spiro atoms. The average molecular weight is 265 g/mol. The van der Waals surface area contributed by atoms with E-state index in [4.69, 9.17) is 4.74 Å². The summed E-state index contributed by atoms with van der Waals surface area (Å²) in [5.41, 5.74) is 0. The van der Waals surface area contributed by atoms with Gasteiger partial charge in [-0.05, 0) is 26.3 Å². The predicted molar refractivity (Wildman–Crippen MR) is 77.2 cm³/mol. The largest absolute Gasteiger partial charge is 0.378 e. The fourth-order valence-electron chi connectivity index (χ4n) is 3.08. The van der Waals surface area contributed by atoms with Crippen molar-refractivity contribution in [3.63, 3.8) is 0 Å². The lowest BCUT2D eigenvalue weighted by atomic mass is 9.91. The Labute approximate surface area is 116 Å². The number of nitrogens with one attached hydrogen (secondary N) is 1. The molecule has 1 aliphatic heterocycles. The Morgan fingerprint density at radius 1 is 1.53 bits per heavy atom. The SMILES string of the molecule is CCCn1ccnc1CC(NCC)C1CCOC1C. The van der Waals surface area contributed by atoms with E-state index in [0.717, 1.165) is 39.0 Å². The molecule has 4 nitrogen and oxygen atoms in total. The van der Waals surface area contributed by atoms with Crippen LogP contribution in [-0.2, 0) is 17.7 Å². The summed E-state index contributed by atoms with van der Waals surface area (Å²) in [6.07, 6.45) is 7.68. The minimum Gasteiger partial charge on any atom is -0.378 e. The van der Waals surface area contributed by atoms with Gasteiger partial charge in [0, 0.05) is 43.9 Å². The second kappa shape index (κ2) is 7.06. The maximum absolute atomic E-state index is 5.72. The molecule has 0 radical (unpaired) electrons. The second-order valence-corrected chi connectivity index (χ2v) is 5.43. The van der Waals surface area contributed by atoms with Gasteiger partial charge >= 0.3 is 0 Å². The van der Waals surface area contributed by atoms with Gasteiger partial charge in [-0.1, -0.05) is 13.8 Å². The molecule has 0 amide bonds. The minimum absolute atomic E-state index is 0.360. The smallest absolute Gasteiger partial charge is 0.110 e. The number of aromatic nitrogens is 2. The van der Waals surface area contributed by atoms with Gasteiger partial charge in [0.2, 0.25) is 0 Å². The van der Waals surface area contributed by atoms with E-state index in [0.29, 0.717) is 18.1 Å². The van der Waals surface area contributed by atoms with Gasteiger partial charge in [0.1, 0.15) is 5.82 Å². The van der Waals surface area contributed by atoms with Crippen molar-refractivity contribution in [2.24, 2.45) is 5.92 Å². The number of aryl methyl sites for hydroxylation is 1. The number of likely N-dealkylation sites (N-methyl/N-ethyl adjacent to an activating group) is 1. The topological polar surface area (TPSA) is 39.1 Å². The van der Waals surface area contributed by atoms with Crippen molar-refractivity contribution in [2.75, 3.05) is 13.2 Å². The van der Waals surface area contributed by atoms with E-state index in [9.17, 15) is 0 Å². The third kappa shape index (κ3) is 3.57. The number of imidazole rings is 1. The van der Waals surface area contributed by atoms with Crippen molar-refractivity contribution in [3.8, 4) is 0 Å². The molecule has 4 heteroatoms. The molecule has 2 rings (SSSR count). The first-order valence-corrected chi connectivity index (χ1v) is 7.61. The molecule has 0 saturated carbocycles. The Morgan fingerprint density at radius 2 is 2.37 bits per heavy atom. The van der Waals surface area contributed by atoms with E-state index in [1.54, 1.807) is 0 Å². The molecule has 0 aromatic carbocycles. The zero-order chi connectivity index (χ0) is 13.7. The zero-order valence-electron chi connectivity index (χ0n) is 12.4. The normalized spacial score (nSPS) is 24.8. The minimum atomic E-state index is 0.360. The van der Waals surface area contributed by atoms with Gasteiger partial charge in [0.15, 0.2) is 0 Å². The zero-order valence-corrected chi connectivity index (χ0v) is 12.4. The Morgan fingerprint density at radius 3 is 3.00 bits per heavy atom. The van der Waals surface area contributed by atoms with Crippen LogP contribution in [0.15, 0.2) is 12.4 Å². The highest BCUT2D eigenvalue weighted by atomic mass is 16.5. The van der Waals surface area contributed by atoms with E-state index in [2.05, 4.69) is 41.8 Å². The number of hydrogen-bond acceptors (Lipinski definition) is 3. The van der Waals surface area contributed by atoms with E-state index in [-0.39, 0.29) is 0 Å². The standard InChI is InChI=1S/C15H27N3O/c1-4-8-18-9-7-17-15(18)11-14(16-5-2)13-6-10-19-12(13)3/h7,9,12-14,16H,4-6,8,10-11H2,1-3H3. The molecular formula is C15H27N3O. The summed E-state index contributed by atoms with van der Waals surface area (Å²) in [7, 11) is 0. The lowest BCUT2D eigenvalue weighted by Crippen LogP contribution is -2.41. The van der Waals surface area contributed by atoms with Crippen LogP contribution in [0, 0.1) is 5.92 Å². The molecule has 3 atom stereocenters. The van der Waals surface area contributed by atoms with Crippen molar-refractivity contribution >= 4 is 0 Å². The summed E-state index contributed by atoms with van der Waals surface area (Å²) < 4.78 is 8.00. The van der Waals surface area contributed by atoms with Gasteiger partial charge in [-0.25, -0.2) is 4.98 Å². The van der Waals surface area contributed by atoms with Crippen molar-refractivity contribution in [2.45, 2.75) is 58.7 Å². The van der Waals surface area contributed by atoms with Crippen LogP contribution in [0.5, 0.6) is 0 Å². The molecule has 0 aliphatic carbocycles. The van der Waals surface area contributed by atoms with Crippen LogP contribution in [-0.4, -0.2) is 34.8 Å². The third-order valence-corrected chi connectivity index (χ3v) is 4.09. The number of ether oxygens (including phenoxy) is 1. The summed E-state index contributed by atoms with van der Waals surface area (Å²) in [6, 6.07) is 0.473. The molecule has 2 heterocycles. The first-order chi connectivity index (χ1) is 9.26. The first kappa shape index (κ1) is 14.5. The summed E-state index contributed by atoms with van der Waals surface area (Å²) in [4.78, 5) is 4.54. The van der Waals surface area contributed by atoms with E-state index in [1.807, 2.05) is 6.20 Å². The summed E-state index contributed by atoms with van der Waals surface area (Å²) in [5.74, 6) is 1.80. The average Bonchev–Trinajstić information content (AvgIpc) is 2.99. The molecule has 1 aromatic rings. The Kier molecular flexibility index (Phi) is 5.40. The molecule has 1 aromatic heterocycles. The highest BCUT2D eigenvalue weighted by molar-refractivity contribution is 4.98. The maximum atomic E-state index is 5.72. The summed E-state index contributed by atoms with van der Waals surface area (Å²) in [6.45, 7) is 9.54. The molecule has 19 heavy (non-hydrogen) atoms. The molecule has 1 fully saturated rings. The Balaban J connectivity index is 2.05.